The average molecular weight is 360 g/mol. The average Bonchev–Trinajstić information content (AvgIpc) is 3.04. The maximum Gasteiger partial charge on any atom is 0.327 e. The van der Waals surface area contributed by atoms with E-state index in [0.717, 1.165) is 16.8 Å². The summed E-state index contributed by atoms with van der Waals surface area (Å²) >= 11 is 6.48. The van der Waals surface area contributed by atoms with E-state index in [1.807, 2.05) is 24.3 Å². The Balaban J connectivity index is 2.08. The molecular weight excluding hydrogens is 344 g/mol. The second kappa shape index (κ2) is 6.33. The third kappa shape index (κ3) is 2.81. The van der Waals surface area contributed by atoms with Gasteiger partial charge in [0.15, 0.2) is 3.95 Å². The summed E-state index contributed by atoms with van der Waals surface area (Å²) in [6.07, 6.45) is 3.52. The Bertz CT molecular complexity index is 922. The molecule has 0 spiro atoms. The Kier molecular flexibility index (Phi) is 4.38. The van der Waals surface area contributed by atoms with E-state index in [4.69, 9.17) is 12.2 Å². The number of allylic oxidation sites excluding steroid dienone is 1. The van der Waals surface area contributed by atoms with Crippen molar-refractivity contribution in [2.45, 2.75) is 19.9 Å². The minimum Gasteiger partial charge on any atom is -0.493 e. The van der Waals surface area contributed by atoms with Crippen LogP contribution >= 0.6 is 23.6 Å². The number of nitrogens with zero attached hydrogens (tertiary/aromatic N) is 2. The van der Waals surface area contributed by atoms with Crippen molar-refractivity contribution < 1.29 is 15.0 Å². The number of aromatic nitrogens is 1. The van der Waals surface area contributed by atoms with Crippen LogP contribution in [0.25, 0.3) is 11.6 Å². The van der Waals surface area contributed by atoms with Gasteiger partial charge in [0.1, 0.15) is 6.04 Å². The summed E-state index contributed by atoms with van der Waals surface area (Å²) in [6.45, 7) is 3.57. The number of fused-ring (bicyclic) bond motifs is 1. The zero-order valence-electron chi connectivity index (χ0n) is 13.1. The van der Waals surface area contributed by atoms with E-state index in [1.165, 1.54) is 15.9 Å². The number of hydrogen-bond acceptors (Lipinski definition) is 5. The van der Waals surface area contributed by atoms with Crippen molar-refractivity contribution in [3.63, 3.8) is 0 Å². The number of thiazole rings is 1. The van der Waals surface area contributed by atoms with E-state index >= 15 is 0 Å². The molecule has 0 radical (unpaired) electrons. The third-order valence-corrected chi connectivity index (χ3v) is 5.19. The number of aliphatic carboxylic acids is 1. The van der Waals surface area contributed by atoms with Crippen LogP contribution in [0, 0.1) is 9.87 Å². The van der Waals surface area contributed by atoms with Crippen molar-refractivity contribution in [1.29, 1.82) is 0 Å². The van der Waals surface area contributed by atoms with Crippen LogP contribution in [0.15, 0.2) is 29.3 Å². The number of para-hydroxylation sites is 1. The Morgan fingerprint density at radius 1 is 1.38 bits per heavy atom. The van der Waals surface area contributed by atoms with Gasteiger partial charge < -0.3 is 10.2 Å². The van der Waals surface area contributed by atoms with E-state index in [-0.39, 0.29) is 11.8 Å². The summed E-state index contributed by atoms with van der Waals surface area (Å²) in [6, 6.07) is 6.81. The highest BCUT2D eigenvalue weighted by atomic mass is 32.1. The maximum absolute atomic E-state index is 11.6. The normalized spacial score (nSPS) is 15.9. The fraction of sp³-hybridized carbons (Fsp3) is 0.235. The van der Waals surface area contributed by atoms with Crippen LogP contribution in [0.3, 0.4) is 0 Å². The second-order valence-electron chi connectivity index (χ2n) is 5.83. The highest BCUT2D eigenvalue weighted by molar-refractivity contribution is 7.73. The molecule has 0 saturated heterocycles. The van der Waals surface area contributed by atoms with Crippen molar-refractivity contribution in [3.8, 4) is 5.88 Å². The SMILES string of the molecule is CC(C)[C@@H](C(=O)O)n1c(O)c(/C=C2\C=Nc3ccccc32)sc1=S. The van der Waals surface area contributed by atoms with Gasteiger partial charge in [-0.3, -0.25) is 9.56 Å². The number of carboxylic acids is 1. The van der Waals surface area contributed by atoms with Gasteiger partial charge in [-0.2, -0.15) is 0 Å². The maximum atomic E-state index is 11.6. The Hall–Kier alpha value is -2.25. The molecule has 2 heterocycles. The number of carbonyl (C=O) groups is 1. The first-order chi connectivity index (χ1) is 11.4. The quantitative estimate of drug-likeness (QED) is 0.786. The number of rotatable bonds is 4. The molecule has 1 aromatic heterocycles. The first kappa shape index (κ1) is 16.6. The molecule has 0 saturated carbocycles. The van der Waals surface area contributed by atoms with Gasteiger partial charge in [-0.15, -0.1) is 11.3 Å². The standard InChI is InChI=1S/C17H16N2O3S2/c1-9(2)14(16(21)22)19-15(20)13(24-17(19)23)7-10-8-18-12-6-4-3-5-11(10)12/h3-9,14,20H,1-2H3,(H,21,22)/b10-7+/t14-/m0/s1. The number of aliphatic imine (C=N–C) groups is 1. The number of hydrogen-bond donors (Lipinski definition) is 2. The monoisotopic (exact) mass is 360 g/mol. The van der Waals surface area contributed by atoms with Crippen LogP contribution in [-0.4, -0.2) is 27.0 Å². The predicted octanol–water partition coefficient (Wildman–Crippen LogP) is 4.52. The smallest absolute Gasteiger partial charge is 0.327 e. The van der Waals surface area contributed by atoms with Gasteiger partial charge in [0.05, 0.1) is 10.6 Å². The molecule has 5 nitrogen and oxygen atoms in total. The fourth-order valence-electron chi connectivity index (χ4n) is 2.72. The number of carboxylic acid groups (broad SMARTS) is 1. The van der Waals surface area contributed by atoms with Crippen LogP contribution in [-0.2, 0) is 4.79 Å². The molecule has 0 bridgehead atoms. The van der Waals surface area contributed by atoms with Crippen molar-refractivity contribution in [3.05, 3.63) is 38.7 Å². The third-order valence-electron chi connectivity index (χ3n) is 3.85. The summed E-state index contributed by atoms with van der Waals surface area (Å²) < 4.78 is 1.65. The molecule has 1 aromatic carbocycles. The molecule has 2 aromatic rings. The summed E-state index contributed by atoms with van der Waals surface area (Å²) in [7, 11) is 0. The molecule has 1 atom stereocenters. The molecule has 0 fully saturated rings. The number of aromatic hydroxyl groups is 1. The molecule has 0 amide bonds. The molecule has 0 aliphatic carbocycles. The molecular formula is C17H16N2O3S2. The fourth-order valence-corrected chi connectivity index (χ4v) is 4.05. The topological polar surface area (TPSA) is 74.8 Å². The molecule has 24 heavy (non-hydrogen) atoms. The van der Waals surface area contributed by atoms with Crippen LogP contribution in [0.5, 0.6) is 5.88 Å². The van der Waals surface area contributed by atoms with Crippen LogP contribution in [0.4, 0.5) is 5.69 Å². The highest BCUT2D eigenvalue weighted by Crippen LogP contribution is 2.37. The van der Waals surface area contributed by atoms with Crippen molar-refractivity contribution >= 4 is 53.1 Å². The summed E-state index contributed by atoms with van der Waals surface area (Å²) in [4.78, 5) is 16.4. The summed E-state index contributed by atoms with van der Waals surface area (Å²) in [5.41, 5.74) is 2.71. The Labute approximate surface area is 148 Å². The van der Waals surface area contributed by atoms with E-state index in [2.05, 4.69) is 4.99 Å². The second-order valence-corrected chi connectivity index (χ2v) is 7.50. The van der Waals surface area contributed by atoms with Crippen LogP contribution < -0.4 is 0 Å². The molecule has 7 heteroatoms. The minimum atomic E-state index is -1.01. The largest absolute Gasteiger partial charge is 0.493 e. The molecule has 2 N–H and O–H groups in total. The van der Waals surface area contributed by atoms with Gasteiger partial charge in [0, 0.05) is 17.4 Å². The molecule has 0 unspecified atom stereocenters. The molecule has 3 rings (SSSR count). The Morgan fingerprint density at radius 2 is 2.08 bits per heavy atom. The zero-order chi connectivity index (χ0) is 17.4. The zero-order valence-corrected chi connectivity index (χ0v) is 14.8. The van der Waals surface area contributed by atoms with E-state index in [0.29, 0.717) is 8.83 Å². The first-order valence-corrected chi connectivity index (χ1v) is 8.65. The van der Waals surface area contributed by atoms with Gasteiger partial charge in [-0.25, -0.2) is 4.79 Å². The predicted molar refractivity (Wildman–Crippen MR) is 98.8 cm³/mol. The van der Waals surface area contributed by atoms with Crippen molar-refractivity contribution in [1.82, 2.24) is 4.57 Å². The lowest BCUT2D eigenvalue weighted by atomic mass is 10.0. The van der Waals surface area contributed by atoms with Crippen LogP contribution in [0.1, 0.15) is 30.3 Å². The van der Waals surface area contributed by atoms with Crippen molar-refractivity contribution in [2.24, 2.45) is 10.9 Å². The highest BCUT2D eigenvalue weighted by Gasteiger charge is 2.28. The first-order valence-electron chi connectivity index (χ1n) is 7.42. The summed E-state index contributed by atoms with van der Waals surface area (Å²) in [5, 5.41) is 20.0. The van der Waals surface area contributed by atoms with Crippen molar-refractivity contribution in [2.75, 3.05) is 0 Å². The van der Waals surface area contributed by atoms with Gasteiger partial charge in [-0.05, 0) is 30.3 Å². The van der Waals surface area contributed by atoms with E-state index in [1.54, 1.807) is 26.1 Å². The minimum absolute atomic E-state index is 0.114. The lowest BCUT2D eigenvalue weighted by Crippen LogP contribution is -2.23. The van der Waals surface area contributed by atoms with Crippen LogP contribution in [0.2, 0.25) is 0 Å². The summed E-state index contributed by atoms with van der Waals surface area (Å²) in [5.74, 6) is -1.33. The molecule has 124 valence electrons. The molecule has 1 aliphatic rings. The van der Waals surface area contributed by atoms with Gasteiger partial charge in [-0.1, -0.05) is 32.0 Å². The van der Waals surface area contributed by atoms with E-state index in [9.17, 15) is 15.0 Å². The van der Waals surface area contributed by atoms with Gasteiger partial charge in [0.2, 0.25) is 5.88 Å². The van der Waals surface area contributed by atoms with E-state index < -0.39 is 12.0 Å². The van der Waals surface area contributed by atoms with Gasteiger partial charge >= 0.3 is 5.97 Å². The number of benzene rings is 1. The lowest BCUT2D eigenvalue weighted by molar-refractivity contribution is -0.142. The van der Waals surface area contributed by atoms with Gasteiger partial charge in [0.25, 0.3) is 0 Å². The Morgan fingerprint density at radius 3 is 2.75 bits per heavy atom. The lowest BCUT2D eigenvalue weighted by Gasteiger charge is -2.18. The molecule has 1 aliphatic heterocycles.